The standard InChI is InChI=1S/C16H13ClN2O/c1-11(18-19-14-7-4-6-13(17)10-14)16-9-12-5-2-3-8-15(12)20-16/h2-10,19H,1H3/b18-11-. The highest BCUT2D eigenvalue weighted by atomic mass is 35.5. The van der Waals surface area contributed by atoms with Gasteiger partial charge >= 0.3 is 0 Å². The van der Waals surface area contributed by atoms with E-state index in [1.54, 1.807) is 0 Å². The van der Waals surface area contributed by atoms with Crippen LogP contribution < -0.4 is 5.43 Å². The lowest BCUT2D eigenvalue weighted by Crippen LogP contribution is -1.97. The monoisotopic (exact) mass is 284 g/mol. The van der Waals surface area contributed by atoms with Crippen LogP contribution in [0.2, 0.25) is 5.02 Å². The molecule has 0 unspecified atom stereocenters. The Bertz CT molecular complexity index is 744. The molecule has 3 nitrogen and oxygen atoms in total. The molecule has 0 aliphatic rings. The summed E-state index contributed by atoms with van der Waals surface area (Å²) >= 11 is 5.92. The summed E-state index contributed by atoms with van der Waals surface area (Å²) in [6, 6.07) is 17.3. The molecule has 0 saturated heterocycles. The molecule has 4 heteroatoms. The van der Waals surface area contributed by atoms with Crippen molar-refractivity contribution in [3.05, 3.63) is 65.4 Å². The first kappa shape index (κ1) is 12.8. The summed E-state index contributed by atoms with van der Waals surface area (Å²) in [6.45, 7) is 1.90. The van der Waals surface area contributed by atoms with Crippen molar-refractivity contribution in [2.45, 2.75) is 6.92 Å². The van der Waals surface area contributed by atoms with Crippen molar-refractivity contribution in [3.8, 4) is 0 Å². The predicted octanol–water partition coefficient (Wildman–Crippen LogP) is 4.92. The molecule has 3 aromatic rings. The number of nitrogens with zero attached hydrogens (tertiary/aromatic N) is 1. The molecule has 0 aliphatic heterocycles. The molecule has 0 spiro atoms. The second kappa shape index (κ2) is 5.39. The zero-order valence-electron chi connectivity index (χ0n) is 10.9. The third-order valence-corrected chi connectivity index (χ3v) is 3.19. The molecule has 0 aliphatic carbocycles. The lowest BCUT2D eigenvalue weighted by atomic mass is 10.2. The van der Waals surface area contributed by atoms with E-state index in [1.165, 1.54) is 0 Å². The van der Waals surface area contributed by atoms with E-state index < -0.39 is 0 Å². The topological polar surface area (TPSA) is 37.5 Å². The van der Waals surface area contributed by atoms with Gasteiger partial charge < -0.3 is 4.42 Å². The van der Waals surface area contributed by atoms with Gasteiger partial charge in [-0.05, 0) is 37.3 Å². The van der Waals surface area contributed by atoms with Crippen molar-refractivity contribution >= 4 is 34.0 Å². The Balaban J connectivity index is 1.84. The summed E-state index contributed by atoms with van der Waals surface area (Å²) < 4.78 is 5.75. The summed E-state index contributed by atoms with van der Waals surface area (Å²) in [5, 5.41) is 6.06. The summed E-state index contributed by atoms with van der Waals surface area (Å²) in [4.78, 5) is 0. The molecule has 3 rings (SSSR count). The van der Waals surface area contributed by atoms with Gasteiger partial charge in [0.1, 0.15) is 11.3 Å². The van der Waals surface area contributed by atoms with Crippen molar-refractivity contribution in [1.82, 2.24) is 0 Å². The minimum Gasteiger partial charge on any atom is -0.455 e. The summed E-state index contributed by atoms with van der Waals surface area (Å²) in [5.74, 6) is 0.751. The number of hydrogen-bond acceptors (Lipinski definition) is 3. The zero-order chi connectivity index (χ0) is 13.9. The fourth-order valence-electron chi connectivity index (χ4n) is 1.92. The van der Waals surface area contributed by atoms with Crippen LogP contribution in [0.5, 0.6) is 0 Å². The number of furan rings is 1. The first-order valence-corrected chi connectivity index (χ1v) is 6.65. The van der Waals surface area contributed by atoms with Crippen LogP contribution in [0.4, 0.5) is 5.69 Å². The third kappa shape index (κ3) is 2.68. The van der Waals surface area contributed by atoms with Crippen molar-refractivity contribution in [2.75, 3.05) is 5.43 Å². The van der Waals surface area contributed by atoms with Gasteiger partial charge in [0, 0.05) is 10.4 Å². The fraction of sp³-hybridized carbons (Fsp3) is 0.0625. The van der Waals surface area contributed by atoms with Crippen LogP contribution in [0.25, 0.3) is 11.0 Å². The van der Waals surface area contributed by atoms with Crippen LogP contribution in [0.1, 0.15) is 12.7 Å². The molecule has 0 amide bonds. The van der Waals surface area contributed by atoms with E-state index in [0.29, 0.717) is 5.02 Å². The Hall–Kier alpha value is -2.26. The maximum absolute atomic E-state index is 5.92. The van der Waals surface area contributed by atoms with Gasteiger partial charge in [-0.1, -0.05) is 35.9 Å². The van der Waals surface area contributed by atoms with E-state index in [1.807, 2.05) is 61.5 Å². The number of rotatable bonds is 3. The van der Waals surface area contributed by atoms with Crippen molar-refractivity contribution in [2.24, 2.45) is 5.10 Å². The van der Waals surface area contributed by atoms with E-state index in [0.717, 1.165) is 28.1 Å². The molecule has 1 heterocycles. The highest BCUT2D eigenvalue weighted by Crippen LogP contribution is 2.20. The maximum Gasteiger partial charge on any atom is 0.151 e. The van der Waals surface area contributed by atoms with Crippen LogP contribution in [0.3, 0.4) is 0 Å². The Morgan fingerprint density at radius 3 is 2.75 bits per heavy atom. The lowest BCUT2D eigenvalue weighted by molar-refractivity contribution is 0.604. The van der Waals surface area contributed by atoms with Gasteiger partial charge in [-0.25, -0.2) is 0 Å². The van der Waals surface area contributed by atoms with Crippen LogP contribution in [0.15, 0.2) is 64.1 Å². The SMILES string of the molecule is C/C(=N/Nc1cccc(Cl)c1)c1cc2ccccc2o1. The molecule has 1 aromatic heterocycles. The Morgan fingerprint density at radius 1 is 1.10 bits per heavy atom. The Kier molecular flexibility index (Phi) is 3.44. The number of hydrazone groups is 1. The van der Waals surface area contributed by atoms with Crippen molar-refractivity contribution < 1.29 is 4.42 Å². The minimum atomic E-state index is 0.673. The Morgan fingerprint density at radius 2 is 1.95 bits per heavy atom. The van der Waals surface area contributed by atoms with Crippen molar-refractivity contribution in [1.29, 1.82) is 0 Å². The van der Waals surface area contributed by atoms with E-state index >= 15 is 0 Å². The smallest absolute Gasteiger partial charge is 0.151 e. The molecule has 20 heavy (non-hydrogen) atoms. The molecule has 0 atom stereocenters. The van der Waals surface area contributed by atoms with Crippen molar-refractivity contribution in [3.63, 3.8) is 0 Å². The average Bonchev–Trinajstić information content (AvgIpc) is 2.89. The Labute approximate surface area is 121 Å². The normalized spacial score (nSPS) is 11.8. The molecule has 2 aromatic carbocycles. The number of fused-ring (bicyclic) bond motifs is 1. The molecule has 1 N–H and O–H groups in total. The number of nitrogens with one attached hydrogen (secondary N) is 1. The third-order valence-electron chi connectivity index (χ3n) is 2.96. The van der Waals surface area contributed by atoms with E-state index in [9.17, 15) is 0 Å². The maximum atomic E-state index is 5.92. The van der Waals surface area contributed by atoms with Gasteiger partial charge in [-0.3, -0.25) is 5.43 Å². The number of para-hydroxylation sites is 1. The molecular weight excluding hydrogens is 272 g/mol. The zero-order valence-corrected chi connectivity index (χ0v) is 11.7. The lowest BCUT2D eigenvalue weighted by Gasteiger charge is -2.01. The molecular formula is C16H13ClN2O. The molecule has 0 fully saturated rings. The number of hydrogen-bond donors (Lipinski definition) is 1. The molecule has 0 bridgehead atoms. The first-order valence-electron chi connectivity index (χ1n) is 6.27. The number of anilines is 1. The molecule has 0 radical (unpaired) electrons. The highest BCUT2D eigenvalue weighted by Gasteiger charge is 2.05. The summed E-state index contributed by atoms with van der Waals surface area (Å²) in [6.07, 6.45) is 0. The van der Waals surface area contributed by atoms with Gasteiger partial charge in [-0.2, -0.15) is 5.10 Å². The number of halogens is 1. The van der Waals surface area contributed by atoms with Crippen LogP contribution in [-0.4, -0.2) is 5.71 Å². The fourth-order valence-corrected chi connectivity index (χ4v) is 2.11. The van der Waals surface area contributed by atoms with Gasteiger partial charge in [-0.15, -0.1) is 0 Å². The van der Waals surface area contributed by atoms with Gasteiger partial charge in [0.25, 0.3) is 0 Å². The second-order valence-corrected chi connectivity index (χ2v) is 4.90. The molecule has 0 saturated carbocycles. The van der Waals surface area contributed by atoms with Crippen LogP contribution in [0, 0.1) is 0 Å². The summed E-state index contributed by atoms with van der Waals surface area (Å²) in [7, 11) is 0. The quantitative estimate of drug-likeness (QED) is 0.547. The highest BCUT2D eigenvalue weighted by molar-refractivity contribution is 6.30. The van der Waals surface area contributed by atoms with Gasteiger partial charge in [0.2, 0.25) is 0 Å². The average molecular weight is 285 g/mol. The van der Waals surface area contributed by atoms with Crippen LogP contribution in [-0.2, 0) is 0 Å². The largest absolute Gasteiger partial charge is 0.455 e. The van der Waals surface area contributed by atoms with Crippen LogP contribution >= 0.6 is 11.6 Å². The number of benzene rings is 2. The van der Waals surface area contributed by atoms with E-state index in [4.69, 9.17) is 16.0 Å². The second-order valence-electron chi connectivity index (χ2n) is 4.47. The first-order chi connectivity index (χ1) is 9.72. The van der Waals surface area contributed by atoms with E-state index in [-0.39, 0.29) is 0 Å². The van der Waals surface area contributed by atoms with Gasteiger partial charge in [0.15, 0.2) is 5.76 Å². The molecule has 100 valence electrons. The van der Waals surface area contributed by atoms with E-state index in [2.05, 4.69) is 10.5 Å². The summed E-state index contributed by atoms with van der Waals surface area (Å²) in [5.41, 5.74) is 5.45. The minimum absolute atomic E-state index is 0.673. The van der Waals surface area contributed by atoms with Gasteiger partial charge in [0.05, 0.1) is 5.69 Å². The predicted molar refractivity (Wildman–Crippen MR) is 83.5 cm³/mol.